The predicted octanol–water partition coefficient (Wildman–Crippen LogP) is 2.39. The summed E-state index contributed by atoms with van der Waals surface area (Å²) < 4.78 is 11.8. The summed E-state index contributed by atoms with van der Waals surface area (Å²) in [6.45, 7) is 0.331. The van der Waals surface area contributed by atoms with Crippen LogP contribution in [0.3, 0.4) is 0 Å². The highest BCUT2D eigenvalue weighted by molar-refractivity contribution is 9.10. The summed E-state index contributed by atoms with van der Waals surface area (Å²) in [5.41, 5.74) is 1.43. The lowest BCUT2D eigenvalue weighted by Crippen LogP contribution is -2.24. The molecule has 2 aliphatic rings. The average Bonchev–Trinajstić information content (AvgIpc) is 2.91. The summed E-state index contributed by atoms with van der Waals surface area (Å²) in [5, 5.41) is 3.37. The highest BCUT2D eigenvalue weighted by Gasteiger charge is 2.44. The van der Waals surface area contributed by atoms with Gasteiger partial charge in [0.15, 0.2) is 11.5 Å². The molecule has 3 rings (SSSR count). The minimum atomic E-state index is 0.153. The minimum Gasteiger partial charge on any atom is -0.454 e. The summed E-state index contributed by atoms with van der Waals surface area (Å²) in [4.78, 5) is 0. The first-order chi connectivity index (χ1) is 7.25. The maximum atomic E-state index is 5.39. The van der Waals surface area contributed by atoms with Gasteiger partial charge in [0.05, 0.1) is 0 Å². The van der Waals surface area contributed by atoms with Crippen LogP contribution in [-0.2, 0) is 5.54 Å². The lowest BCUT2D eigenvalue weighted by Gasteiger charge is -2.16. The molecule has 0 spiro atoms. The lowest BCUT2D eigenvalue weighted by molar-refractivity contribution is 0.174. The Morgan fingerprint density at radius 2 is 1.93 bits per heavy atom. The normalized spacial score (nSPS) is 20.4. The van der Waals surface area contributed by atoms with Crippen LogP contribution >= 0.6 is 15.9 Å². The fourth-order valence-corrected chi connectivity index (χ4v) is 2.76. The van der Waals surface area contributed by atoms with Crippen LogP contribution in [0.5, 0.6) is 11.5 Å². The topological polar surface area (TPSA) is 30.5 Å². The van der Waals surface area contributed by atoms with Gasteiger partial charge in [0, 0.05) is 10.0 Å². The number of ether oxygens (including phenoxy) is 2. The molecule has 0 aromatic heterocycles. The second-order valence-electron chi connectivity index (χ2n) is 4.02. The van der Waals surface area contributed by atoms with Crippen molar-refractivity contribution in [3.8, 4) is 11.5 Å². The van der Waals surface area contributed by atoms with Crippen LogP contribution < -0.4 is 14.8 Å². The maximum Gasteiger partial charge on any atom is 0.231 e. The van der Waals surface area contributed by atoms with E-state index >= 15 is 0 Å². The van der Waals surface area contributed by atoms with E-state index in [-0.39, 0.29) is 5.54 Å². The quantitative estimate of drug-likeness (QED) is 0.895. The van der Waals surface area contributed by atoms with Crippen molar-refractivity contribution in [3.05, 3.63) is 22.2 Å². The fraction of sp³-hybridized carbons (Fsp3) is 0.455. The zero-order valence-corrected chi connectivity index (χ0v) is 10.1. The molecule has 1 N–H and O–H groups in total. The van der Waals surface area contributed by atoms with E-state index in [9.17, 15) is 0 Å². The van der Waals surface area contributed by atoms with Crippen molar-refractivity contribution < 1.29 is 9.47 Å². The zero-order valence-electron chi connectivity index (χ0n) is 8.47. The van der Waals surface area contributed by atoms with Gasteiger partial charge in [-0.2, -0.15) is 0 Å². The SMILES string of the molecule is CNC1(c2cc3c(cc2Br)OCO3)CC1. The first-order valence-electron chi connectivity index (χ1n) is 5.04. The maximum absolute atomic E-state index is 5.39. The van der Waals surface area contributed by atoms with E-state index in [1.165, 1.54) is 18.4 Å². The molecule has 1 fully saturated rings. The number of halogens is 1. The molecular formula is C11H12BrNO2. The molecule has 1 aliphatic heterocycles. The van der Waals surface area contributed by atoms with Crippen LogP contribution in [0, 0.1) is 0 Å². The minimum absolute atomic E-state index is 0.153. The summed E-state index contributed by atoms with van der Waals surface area (Å²) in [6, 6.07) is 4.07. The first-order valence-corrected chi connectivity index (χ1v) is 5.83. The number of benzene rings is 1. The van der Waals surface area contributed by atoms with Crippen molar-refractivity contribution in [3.63, 3.8) is 0 Å². The Bertz CT molecular complexity index is 415. The van der Waals surface area contributed by atoms with Crippen LogP contribution in [0.1, 0.15) is 18.4 Å². The number of hydrogen-bond donors (Lipinski definition) is 1. The lowest BCUT2D eigenvalue weighted by atomic mass is 10.0. The zero-order chi connectivity index (χ0) is 10.5. The molecule has 0 saturated heterocycles. The molecule has 0 bridgehead atoms. The molecule has 0 amide bonds. The summed E-state index contributed by atoms with van der Waals surface area (Å²) in [6.07, 6.45) is 2.36. The molecule has 15 heavy (non-hydrogen) atoms. The van der Waals surface area contributed by atoms with Gasteiger partial charge >= 0.3 is 0 Å². The number of nitrogens with one attached hydrogen (secondary N) is 1. The van der Waals surface area contributed by atoms with Crippen molar-refractivity contribution in [2.45, 2.75) is 18.4 Å². The molecule has 0 unspecified atom stereocenters. The molecule has 1 saturated carbocycles. The third kappa shape index (κ3) is 1.35. The Balaban J connectivity index is 2.09. The Kier molecular flexibility index (Phi) is 1.97. The van der Waals surface area contributed by atoms with E-state index in [2.05, 4.69) is 27.3 Å². The van der Waals surface area contributed by atoms with Crippen LogP contribution in [0.2, 0.25) is 0 Å². The third-order valence-corrected chi connectivity index (χ3v) is 3.86. The Hall–Kier alpha value is -0.740. The van der Waals surface area contributed by atoms with Gasteiger partial charge in [0.25, 0.3) is 0 Å². The Labute approximate surface area is 96.9 Å². The molecular weight excluding hydrogens is 258 g/mol. The van der Waals surface area contributed by atoms with Crippen molar-refractivity contribution in [2.24, 2.45) is 0 Å². The highest BCUT2D eigenvalue weighted by atomic mass is 79.9. The molecule has 80 valence electrons. The standard InChI is InChI=1S/C11H12BrNO2/c1-13-11(2-3-11)7-4-9-10(5-8(7)12)15-6-14-9/h4-5,13H,2-3,6H2,1H3. The van der Waals surface area contributed by atoms with Crippen LogP contribution in [-0.4, -0.2) is 13.8 Å². The predicted molar refractivity (Wildman–Crippen MR) is 60.2 cm³/mol. The van der Waals surface area contributed by atoms with E-state index < -0.39 is 0 Å². The van der Waals surface area contributed by atoms with E-state index in [0.29, 0.717) is 6.79 Å². The van der Waals surface area contributed by atoms with Crippen molar-refractivity contribution in [2.75, 3.05) is 13.8 Å². The first kappa shape index (κ1) is 9.48. The Morgan fingerprint density at radius 3 is 2.53 bits per heavy atom. The number of rotatable bonds is 2. The van der Waals surface area contributed by atoms with Gasteiger partial charge in [-0.25, -0.2) is 0 Å². The van der Waals surface area contributed by atoms with Crippen molar-refractivity contribution in [1.29, 1.82) is 0 Å². The fourth-order valence-electron chi connectivity index (χ4n) is 2.06. The van der Waals surface area contributed by atoms with Crippen LogP contribution in [0.4, 0.5) is 0 Å². The summed E-state index contributed by atoms with van der Waals surface area (Å²) in [7, 11) is 2.00. The monoisotopic (exact) mass is 269 g/mol. The van der Waals surface area contributed by atoms with Gasteiger partial charge in [-0.3, -0.25) is 0 Å². The molecule has 1 aromatic rings. The Morgan fingerprint density at radius 1 is 1.27 bits per heavy atom. The highest BCUT2D eigenvalue weighted by Crippen LogP contribution is 2.50. The van der Waals surface area contributed by atoms with E-state index in [0.717, 1.165) is 16.0 Å². The van der Waals surface area contributed by atoms with Gasteiger partial charge in [-0.15, -0.1) is 0 Å². The molecule has 0 radical (unpaired) electrons. The molecule has 4 heteroatoms. The van der Waals surface area contributed by atoms with Crippen molar-refractivity contribution in [1.82, 2.24) is 5.32 Å². The second kappa shape index (κ2) is 3.12. The van der Waals surface area contributed by atoms with Gasteiger partial charge in [0.2, 0.25) is 6.79 Å². The summed E-state index contributed by atoms with van der Waals surface area (Å²) in [5.74, 6) is 1.69. The van der Waals surface area contributed by atoms with E-state index in [1.54, 1.807) is 0 Å². The van der Waals surface area contributed by atoms with Crippen molar-refractivity contribution >= 4 is 15.9 Å². The second-order valence-corrected chi connectivity index (χ2v) is 4.87. The number of fused-ring (bicyclic) bond motifs is 1. The van der Waals surface area contributed by atoms with Gasteiger partial charge in [-0.05, 0) is 37.6 Å². The molecule has 0 atom stereocenters. The average molecular weight is 270 g/mol. The third-order valence-electron chi connectivity index (χ3n) is 3.21. The number of hydrogen-bond acceptors (Lipinski definition) is 3. The summed E-state index contributed by atoms with van der Waals surface area (Å²) >= 11 is 3.59. The van der Waals surface area contributed by atoms with Crippen LogP contribution in [0.25, 0.3) is 0 Å². The van der Waals surface area contributed by atoms with E-state index in [4.69, 9.17) is 9.47 Å². The van der Waals surface area contributed by atoms with Gasteiger partial charge in [-0.1, -0.05) is 15.9 Å². The van der Waals surface area contributed by atoms with E-state index in [1.807, 2.05) is 13.1 Å². The van der Waals surface area contributed by atoms with Gasteiger partial charge < -0.3 is 14.8 Å². The molecule has 1 aromatic carbocycles. The molecule has 1 aliphatic carbocycles. The molecule has 3 nitrogen and oxygen atoms in total. The molecule has 1 heterocycles. The van der Waals surface area contributed by atoms with Gasteiger partial charge in [0.1, 0.15) is 0 Å². The largest absolute Gasteiger partial charge is 0.454 e. The smallest absolute Gasteiger partial charge is 0.231 e. The van der Waals surface area contributed by atoms with Crippen LogP contribution in [0.15, 0.2) is 16.6 Å².